The van der Waals surface area contributed by atoms with Gasteiger partial charge in [-0.1, -0.05) is 31.0 Å². The lowest BCUT2D eigenvalue weighted by Crippen LogP contribution is -2.52. The number of nitrogens with one attached hydrogen (secondary N) is 1. The predicted octanol–water partition coefficient (Wildman–Crippen LogP) is 3.03. The van der Waals surface area contributed by atoms with Crippen LogP contribution in [0.4, 0.5) is 0 Å². The molecule has 0 spiro atoms. The Hall–Kier alpha value is -3.08. The normalized spacial score (nSPS) is 20.0. The van der Waals surface area contributed by atoms with Crippen molar-refractivity contribution in [2.24, 2.45) is 0 Å². The summed E-state index contributed by atoms with van der Waals surface area (Å²) in [5.74, 6) is 1.66. The van der Waals surface area contributed by atoms with Crippen LogP contribution >= 0.6 is 0 Å². The first kappa shape index (κ1) is 22.7. The third-order valence-electron chi connectivity index (χ3n) is 7.25. The molecule has 1 saturated heterocycles. The highest BCUT2D eigenvalue weighted by molar-refractivity contribution is 5.79. The Bertz CT molecular complexity index is 1050. The Balaban J connectivity index is 1.15. The first-order valence-electron chi connectivity index (χ1n) is 12.3. The SMILES string of the molecule is N#Cc1ccc(CN2CCN(CC(=O)NC3(c4ccc5c(c4)OCCO5)CCCC3)CC2)cc1. The zero-order valence-corrected chi connectivity index (χ0v) is 19.6. The van der Waals surface area contributed by atoms with Gasteiger partial charge in [0.05, 0.1) is 23.7 Å². The van der Waals surface area contributed by atoms with E-state index in [1.54, 1.807) is 0 Å². The van der Waals surface area contributed by atoms with E-state index in [1.165, 1.54) is 5.56 Å². The molecule has 178 valence electrons. The zero-order chi connectivity index (χ0) is 23.4. The van der Waals surface area contributed by atoms with Crippen molar-refractivity contribution >= 4 is 5.91 Å². The van der Waals surface area contributed by atoms with Gasteiger partial charge in [-0.3, -0.25) is 14.6 Å². The quantitative estimate of drug-likeness (QED) is 0.714. The van der Waals surface area contributed by atoms with E-state index in [-0.39, 0.29) is 11.4 Å². The summed E-state index contributed by atoms with van der Waals surface area (Å²) in [6.07, 6.45) is 4.14. The van der Waals surface area contributed by atoms with Crippen molar-refractivity contribution in [2.45, 2.75) is 37.8 Å². The summed E-state index contributed by atoms with van der Waals surface area (Å²) in [5, 5.41) is 12.4. The molecule has 2 aromatic rings. The first-order chi connectivity index (χ1) is 16.6. The molecule has 1 aliphatic carbocycles. The second kappa shape index (κ2) is 10.0. The lowest BCUT2D eigenvalue weighted by molar-refractivity contribution is -0.124. The van der Waals surface area contributed by atoms with Crippen LogP contribution in [0.2, 0.25) is 0 Å². The van der Waals surface area contributed by atoms with Crippen molar-refractivity contribution in [3.63, 3.8) is 0 Å². The number of nitriles is 1. The summed E-state index contributed by atoms with van der Waals surface area (Å²) in [6, 6.07) is 16.1. The minimum Gasteiger partial charge on any atom is -0.486 e. The van der Waals surface area contributed by atoms with Gasteiger partial charge in [0, 0.05) is 32.7 Å². The zero-order valence-electron chi connectivity index (χ0n) is 19.6. The molecule has 1 saturated carbocycles. The monoisotopic (exact) mass is 460 g/mol. The summed E-state index contributed by atoms with van der Waals surface area (Å²) in [7, 11) is 0. The maximum Gasteiger partial charge on any atom is 0.234 e. The van der Waals surface area contributed by atoms with Crippen LogP contribution in [0.25, 0.3) is 0 Å². The molecule has 0 aromatic heterocycles. The van der Waals surface area contributed by atoms with Gasteiger partial charge < -0.3 is 14.8 Å². The van der Waals surface area contributed by atoms with Gasteiger partial charge in [-0.15, -0.1) is 0 Å². The number of ether oxygens (including phenoxy) is 2. The van der Waals surface area contributed by atoms with Gasteiger partial charge in [-0.25, -0.2) is 0 Å². The number of carbonyl (C=O) groups excluding carboxylic acids is 1. The lowest BCUT2D eigenvalue weighted by atomic mass is 9.87. The molecular formula is C27H32N4O3. The molecule has 5 rings (SSSR count). The van der Waals surface area contributed by atoms with E-state index in [0.717, 1.165) is 75.5 Å². The molecule has 7 heteroatoms. The van der Waals surface area contributed by atoms with Crippen molar-refractivity contribution in [1.29, 1.82) is 5.26 Å². The average Bonchev–Trinajstić information content (AvgIpc) is 3.35. The van der Waals surface area contributed by atoms with Gasteiger partial charge >= 0.3 is 0 Å². The third-order valence-corrected chi connectivity index (χ3v) is 7.25. The fourth-order valence-corrected chi connectivity index (χ4v) is 5.36. The molecule has 7 nitrogen and oxygen atoms in total. The second-order valence-electron chi connectivity index (χ2n) is 9.56. The second-order valence-corrected chi connectivity index (χ2v) is 9.56. The van der Waals surface area contributed by atoms with Crippen molar-refractivity contribution in [2.75, 3.05) is 45.9 Å². The minimum atomic E-state index is -0.315. The number of carbonyl (C=O) groups is 1. The van der Waals surface area contributed by atoms with E-state index in [9.17, 15) is 4.79 Å². The Morgan fingerprint density at radius 2 is 1.62 bits per heavy atom. The Labute approximate surface area is 201 Å². The smallest absolute Gasteiger partial charge is 0.234 e. The van der Waals surface area contributed by atoms with Gasteiger partial charge in [0.25, 0.3) is 0 Å². The van der Waals surface area contributed by atoms with E-state index in [0.29, 0.717) is 25.3 Å². The fourth-order valence-electron chi connectivity index (χ4n) is 5.36. The van der Waals surface area contributed by atoms with Crippen molar-refractivity contribution in [3.05, 3.63) is 59.2 Å². The first-order valence-corrected chi connectivity index (χ1v) is 12.3. The fraction of sp³-hybridized carbons (Fsp3) is 0.481. The van der Waals surface area contributed by atoms with E-state index in [4.69, 9.17) is 14.7 Å². The number of piperazine rings is 1. The maximum atomic E-state index is 13.1. The highest BCUT2D eigenvalue weighted by atomic mass is 16.6. The summed E-state index contributed by atoms with van der Waals surface area (Å²) < 4.78 is 11.5. The average molecular weight is 461 g/mol. The molecule has 2 heterocycles. The standard InChI is InChI=1S/C27H32N4O3/c28-18-21-3-5-22(6-4-21)19-30-11-13-31(14-12-30)20-26(32)29-27(9-1-2-10-27)23-7-8-24-25(17-23)34-16-15-33-24/h3-8,17H,1-2,9-16,19-20H2,(H,29,32). The summed E-state index contributed by atoms with van der Waals surface area (Å²) in [4.78, 5) is 17.8. The number of hydrogen-bond acceptors (Lipinski definition) is 6. The highest BCUT2D eigenvalue weighted by Crippen LogP contribution is 2.42. The minimum absolute atomic E-state index is 0.0948. The number of benzene rings is 2. The Kier molecular flexibility index (Phi) is 6.70. The molecule has 1 N–H and O–H groups in total. The molecule has 2 fully saturated rings. The van der Waals surface area contributed by atoms with E-state index in [1.807, 2.05) is 30.3 Å². The molecule has 2 aromatic carbocycles. The topological polar surface area (TPSA) is 77.8 Å². The van der Waals surface area contributed by atoms with Crippen LogP contribution in [-0.2, 0) is 16.9 Å². The number of nitrogens with zero attached hydrogens (tertiary/aromatic N) is 3. The largest absolute Gasteiger partial charge is 0.486 e. The molecule has 0 bridgehead atoms. The number of hydrogen-bond donors (Lipinski definition) is 1. The molecule has 0 atom stereocenters. The molecule has 3 aliphatic rings. The van der Waals surface area contributed by atoms with Gasteiger partial charge in [-0.05, 0) is 48.2 Å². The van der Waals surface area contributed by atoms with Crippen LogP contribution in [0, 0.1) is 11.3 Å². The van der Waals surface area contributed by atoms with Crippen molar-refractivity contribution in [3.8, 4) is 17.6 Å². The van der Waals surface area contributed by atoms with Crippen LogP contribution in [0.1, 0.15) is 42.4 Å². The van der Waals surface area contributed by atoms with Crippen molar-refractivity contribution < 1.29 is 14.3 Å². The predicted molar refractivity (Wildman–Crippen MR) is 129 cm³/mol. The van der Waals surface area contributed by atoms with E-state index >= 15 is 0 Å². The third kappa shape index (κ3) is 5.03. The Morgan fingerprint density at radius 1 is 0.941 bits per heavy atom. The summed E-state index contributed by atoms with van der Waals surface area (Å²) in [5.41, 5.74) is 2.71. The van der Waals surface area contributed by atoms with Gasteiger partial charge in [0.2, 0.25) is 5.91 Å². The van der Waals surface area contributed by atoms with Crippen LogP contribution in [-0.4, -0.2) is 61.6 Å². The summed E-state index contributed by atoms with van der Waals surface area (Å²) >= 11 is 0. The van der Waals surface area contributed by atoms with Crippen LogP contribution in [0.15, 0.2) is 42.5 Å². The van der Waals surface area contributed by atoms with Gasteiger partial charge in [0.15, 0.2) is 11.5 Å². The van der Waals surface area contributed by atoms with Crippen LogP contribution in [0.3, 0.4) is 0 Å². The number of amides is 1. The molecule has 0 unspecified atom stereocenters. The molecule has 0 radical (unpaired) electrons. The number of rotatable bonds is 6. The van der Waals surface area contributed by atoms with E-state index in [2.05, 4.69) is 33.3 Å². The number of fused-ring (bicyclic) bond motifs is 1. The van der Waals surface area contributed by atoms with E-state index < -0.39 is 0 Å². The van der Waals surface area contributed by atoms with Crippen LogP contribution < -0.4 is 14.8 Å². The van der Waals surface area contributed by atoms with Crippen LogP contribution in [0.5, 0.6) is 11.5 Å². The van der Waals surface area contributed by atoms with Crippen molar-refractivity contribution in [1.82, 2.24) is 15.1 Å². The summed E-state index contributed by atoms with van der Waals surface area (Å²) in [6.45, 7) is 6.06. The van der Waals surface area contributed by atoms with Gasteiger partial charge in [0.1, 0.15) is 13.2 Å². The molecular weight excluding hydrogens is 428 g/mol. The Morgan fingerprint density at radius 3 is 2.32 bits per heavy atom. The maximum absolute atomic E-state index is 13.1. The molecule has 1 amide bonds. The molecule has 34 heavy (non-hydrogen) atoms. The van der Waals surface area contributed by atoms with Gasteiger partial charge in [-0.2, -0.15) is 5.26 Å². The highest BCUT2D eigenvalue weighted by Gasteiger charge is 2.38. The molecule has 2 aliphatic heterocycles. The lowest BCUT2D eigenvalue weighted by Gasteiger charge is -2.36.